The van der Waals surface area contributed by atoms with Crippen LogP contribution in [0, 0.1) is 0 Å². The van der Waals surface area contributed by atoms with Crippen molar-refractivity contribution in [2.45, 2.75) is 40.5 Å². The molecular formula is C21H32N2O4. The van der Waals surface area contributed by atoms with Crippen molar-refractivity contribution in [3.63, 3.8) is 0 Å². The second-order valence-electron chi connectivity index (χ2n) is 6.02. The molecule has 0 radical (unpaired) electrons. The molecule has 6 nitrogen and oxygen atoms in total. The van der Waals surface area contributed by atoms with Crippen molar-refractivity contribution < 1.29 is 19.1 Å². The van der Waals surface area contributed by atoms with Crippen molar-refractivity contribution in [2.75, 3.05) is 32.8 Å². The number of benzene rings is 1. The molecule has 1 N–H and O–H groups in total. The van der Waals surface area contributed by atoms with Gasteiger partial charge in [0.1, 0.15) is 0 Å². The second-order valence-corrected chi connectivity index (χ2v) is 6.02. The summed E-state index contributed by atoms with van der Waals surface area (Å²) < 4.78 is 11.2. The molecule has 0 fully saturated rings. The monoisotopic (exact) mass is 376 g/mol. The lowest BCUT2D eigenvalue weighted by Crippen LogP contribution is -2.40. The third-order valence-corrected chi connectivity index (χ3v) is 3.70. The maximum atomic E-state index is 12.5. The Bertz CT molecular complexity index is 629. The molecule has 0 aromatic heterocycles. The third-order valence-electron chi connectivity index (χ3n) is 3.70. The summed E-state index contributed by atoms with van der Waals surface area (Å²) in [5, 5.41) is 2.80. The van der Waals surface area contributed by atoms with Crippen molar-refractivity contribution >= 4 is 17.9 Å². The van der Waals surface area contributed by atoms with Gasteiger partial charge >= 0.3 is 0 Å². The van der Waals surface area contributed by atoms with E-state index in [4.69, 9.17) is 9.47 Å². The van der Waals surface area contributed by atoms with Gasteiger partial charge in [0.25, 0.3) is 0 Å². The largest absolute Gasteiger partial charge is 0.490 e. The van der Waals surface area contributed by atoms with Crippen molar-refractivity contribution in [3.05, 3.63) is 29.8 Å². The Hall–Kier alpha value is -2.50. The fourth-order valence-electron chi connectivity index (χ4n) is 2.48. The van der Waals surface area contributed by atoms with Crippen LogP contribution in [0.5, 0.6) is 11.5 Å². The lowest BCUT2D eigenvalue weighted by molar-refractivity contribution is -0.132. The predicted molar refractivity (Wildman–Crippen MR) is 108 cm³/mol. The first kappa shape index (κ1) is 22.5. The number of hydrogen-bond acceptors (Lipinski definition) is 4. The summed E-state index contributed by atoms with van der Waals surface area (Å²) in [4.78, 5) is 26.0. The Morgan fingerprint density at radius 1 is 1.04 bits per heavy atom. The number of carbonyl (C=O) groups is 2. The van der Waals surface area contributed by atoms with Crippen LogP contribution in [0.1, 0.15) is 46.1 Å². The molecule has 0 saturated carbocycles. The van der Waals surface area contributed by atoms with E-state index >= 15 is 0 Å². The van der Waals surface area contributed by atoms with Gasteiger partial charge in [0.2, 0.25) is 11.8 Å². The summed E-state index contributed by atoms with van der Waals surface area (Å²) >= 11 is 0. The molecular weight excluding hydrogens is 344 g/mol. The average molecular weight is 376 g/mol. The highest BCUT2D eigenvalue weighted by Gasteiger charge is 2.14. The zero-order valence-electron chi connectivity index (χ0n) is 16.9. The van der Waals surface area contributed by atoms with E-state index in [9.17, 15) is 9.59 Å². The topological polar surface area (TPSA) is 67.9 Å². The highest BCUT2D eigenvalue weighted by atomic mass is 16.5. The van der Waals surface area contributed by atoms with E-state index in [0.29, 0.717) is 37.8 Å². The number of carbonyl (C=O) groups excluding carboxylic acids is 2. The van der Waals surface area contributed by atoms with Crippen LogP contribution in [-0.2, 0) is 9.59 Å². The van der Waals surface area contributed by atoms with E-state index in [1.54, 1.807) is 11.0 Å². The highest BCUT2D eigenvalue weighted by Crippen LogP contribution is 2.29. The molecule has 6 heteroatoms. The first-order valence-corrected chi connectivity index (χ1v) is 9.68. The van der Waals surface area contributed by atoms with Gasteiger partial charge in [0.15, 0.2) is 11.5 Å². The van der Waals surface area contributed by atoms with Gasteiger partial charge in [-0.1, -0.05) is 19.9 Å². The van der Waals surface area contributed by atoms with Crippen LogP contribution in [0.4, 0.5) is 0 Å². The molecule has 0 unspecified atom stereocenters. The molecule has 0 heterocycles. The molecule has 2 amide bonds. The molecule has 0 aliphatic rings. The van der Waals surface area contributed by atoms with E-state index in [-0.39, 0.29) is 18.4 Å². The van der Waals surface area contributed by atoms with Gasteiger partial charge in [0.05, 0.1) is 19.8 Å². The summed E-state index contributed by atoms with van der Waals surface area (Å²) in [6, 6.07) is 5.55. The zero-order chi connectivity index (χ0) is 20.1. The number of hydrogen-bond donors (Lipinski definition) is 1. The van der Waals surface area contributed by atoms with Crippen LogP contribution in [0.25, 0.3) is 6.08 Å². The van der Waals surface area contributed by atoms with Crippen LogP contribution >= 0.6 is 0 Å². The van der Waals surface area contributed by atoms with Gasteiger partial charge in [-0.15, -0.1) is 0 Å². The normalized spacial score (nSPS) is 10.7. The number of nitrogens with one attached hydrogen (secondary N) is 1. The molecule has 0 bridgehead atoms. The van der Waals surface area contributed by atoms with Gasteiger partial charge in [-0.25, -0.2) is 0 Å². The van der Waals surface area contributed by atoms with Crippen molar-refractivity contribution in [1.82, 2.24) is 10.2 Å². The quantitative estimate of drug-likeness (QED) is 0.569. The lowest BCUT2D eigenvalue weighted by Gasteiger charge is -2.20. The Balaban J connectivity index is 2.83. The number of ether oxygens (including phenoxy) is 2. The van der Waals surface area contributed by atoms with Crippen molar-refractivity contribution in [3.8, 4) is 11.5 Å². The average Bonchev–Trinajstić information content (AvgIpc) is 2.66. The van der Waals surface area contributed by atoms with Crippen LogP contribution in [0.2, 0.25) is 0 Å². The molecule has 0 saturated heterocycles. The van der Waals surface area contributed by atoms with Gasteiger partial charge in [-0.3, -0.25) is 9.59 Å². The first-order chi connectivity index (χ1) is 13.0. The van der Waals surface area contributed by atoms with E-state index in [0.717, 1.165) is 18.4 Å². The molecule has 150 valence electrons. The van der Waals surface area contributed by atoms with Gasteiger partial charge in [-0.05, 0) is 50.5 Å². The maximum absolute atomic E-state index is 12.5. The fraction of sp³-hybridized carbons (Fsp3) is 0.524. The summed E-state index contributed by atoms with van der Waals surface area (Å²) in [6.45, 7) is 10.1. The first-order valence-electron chi connectivity index (χ1n) is 9.68. The Labute approximate surface area is 162 Å². The Morgan fingerprint density at radius 3 is 2.37 bits per heavy atom. The molecule has 1 aromatic carbocycles. The molecule has 0 atom stereocenters. The Morgan fingerprint density at radius 2 is 1.74 bits per heavy atom. The number of amides is 2. The smallest absolute Gasteiger partial charge is 0.247 e. The van der Waals surface area contributed by atoms with Gasteiger partial charge < -0.3 is 19.7 Å². The summed E-state index contributed by atoms with van der Waals surface area (Å²) in [5.74, 6) is 1.02. The van der Waals surface area contributed by atoms with E-state index < -0.39 is 0 Å². The van der Waals surface area contributed by atoms with E-state index in [1.807, 2.05) is 45.9 Å². The standard InChI is InChI=1S/C21H32N2O4/c1-5-13-22-20(24)16-23(14-6-2)21(25)12-10-17-9-11-18(26-7-3)19(15-17)27-8-4/h9-12,15H,5-8,13-14,16H2,1-4H3,(H,22,24). The second kappa shape index (κ2) is 12.8. The molecule has 0 spiro atoms. The molecule has 0 aliphatic heterocycles. The number of rotatable bonds is 12. The summed E-state index contributed by atoms with van der Waals surface area (Å²) in [6.07, 6.45) is 4.88. The zero-order valence-corrected chi connectivity index (χ0v) is 16.9. The van der Waals surface area contributed by atoms with E-state index in [2.05, 4.69) is 5.32 Å². The SMILES string of the molecule is CCCNC(=O)CN(CCC)C(=O)C=Cc1ccc(OCC)c(OCC)c1. The van der Waals surface area contributed by atoms with E-state index in [1.165, 1.54) is 6.08 Å². The molecule has 0 aliphatic carbocycles. The van der Waals surface area contributed by atoms with Crippen LogP contribution < -0.4 is 14.8 Å². The minimum absolute atomic E-state index is 0.0739. The molecule has 1 rings (SSSR count). The molecule has 27 heavy (non-hydrogen) atoms. The lowest BCUT2D eigenvalue weighted by atomic mass is 10.2. The van der Waals surface area contributed by atoms with Gasteiger partial charge in [-0.2, -0.15) is 0 Å². The summed E-state index contributed by atoms with van der Waals surface area (Å²) in [7, 11) is 0. The van der Waals surface area contributed by atoms with Crippen LogP contribution in [-0.4, -0.2) is 49.6 Å². The Kier molecular flexibility index (Phi) is 10.7. The third kappa shape index (κ3) is 8.15. The highest BCUT2D eigenvalue weighted by molar-refractivity contribution is 5.94. The fourth-order valence-corrected chi connectivity index (χ4v) is 2.48. The summed E-state index contributed by atoms with van der Waals surface area (Å²) in [5.41, 5.74) is 0.835. The van der Waals surface area contributed by atoms with Crippen molar-refractivity contribution in [1.29, 1.82) is 0 Å². The van der Waals surface area contributed by atoms with Gasteiger partial charge in [0, 0.05) is 19.2 Å². The van der Waals surface area contributed by atoms with Crippen LogP contribution in [0.3, 0.4) is 0 Å². The predicted octanol–water partition coefficient (Wildman–Crippen LogP) is 3.26. The van der Waals surface area contributed by atoms with Crippen LogP contribution in [0.15, 0.2) is 24.3 Å². The molecule has 1 aromatic rings. The number of nitrogens with zero attached hydrogens (tertiary/aromatic N) is 1. The maximum Gasteiger partial charge on any atom is 0.247 e. The van der Waals surface area contributed by atoms with Crippen molar-refractivity contribution in [2.24, 2.45) is 0 Å². The minimum atomic E-state index is -0.185. The minimum Gasteiger partial charge on any atom is -0.490 e.